The van der Waals surface area contributed by atoms with E-state index in [0.29, 0.717) is 24.4 Å². The van der Waals surface area contributed by atoms with Crippen molar-refractivity contribution in [3.05, 3.63) is 75.7 Å². The van der Waals surface area contributed by atoms with Gasteiger partial charge < -0.3 is 54.1 Å². The molecule has 2 aromatic carbocycles. The van der Waals surface area contributed by atoms with Gasteiger partial charge in [0.15, 0.2) is 11.3 Å². The Hall–Kier alpha value is -5.81. The summed E-state index contributed by atoms with van der Waals surface area (Å²) in [5.41, 5.74) is -0.552. The highest BCUT2D eigenvalue weighted by Crippen LogP contribution is 2.50. The number of esters is 1. The average molecular weight is 900 g/mol. The van der Waals surface area contributed by atoms with E-state index in [-0.39, 0.29) is 55.9 Å². The molecule has 65 heavy (non-hydrogen) atoms. The molecule has 9 atom stereocenters. The van der Waals surface area contributed by atoms with Crippen molar-refractivity contribution < 1.29 is 57.8 Å². The number of aromatic hydroxyl groups is 1. The third kappa shape index (κ3) is 9.76. The highest BCUT2D eigenvalue weighted by Gasteiger charge is 2.50. The van der Waals surface area contributed by atoms with Crippen molar-refractivity contribution in [2.24, 2.45) is 23.7 Å². The number of amides is 1. The fourth-order valence-corrected chi connectivity index (χ4v) is 8.54. The number of carbonyl (C=O) groups is 3. The molecule has 7 rings (SSSR count). The van der Waals surface area contributed by atoms with Crippen molar-refractivity contribution in [1.29, 1.82) is 0 Å². The van der Waals surface area contributed by atoms with Crippen LogP contribution in [0.5, 0.6) is 17.2 Å². The quantitative estimate of drug-likeness (QED) is 0.0509. The van der Waals surface area contributed by atoms with Crippen LogP contribution in [-0.2, 0) is 23.8 Å². The maximum Gasteiger partial charge on any atom is 0.312 e. The first-order valence-corrected chi connectivity index (χ1v) is 22.1. The van der Waals surface area contributed by atoms with Crippen LogP contribution in [0.1, 0.15) is 84.2 Å². The zero-order chi connectivity index (χ0) is 47.5. The molecule has 5 aliphatic rings. The molecule has 4 aliphatic heterocycles. The Labute approximate surface area is 378 Å². The summed E-state index contributed by atoms with van der Waals surface area (Å²) < 4.78 is 36.3. The number of nitrogens with one attached hydrogen (secondary N) is 2. The van der Waals surface area contributed by atoms with E-state index in [1.807, 2.05) is 0 Å². The van der Waals surface area contributed by atoms with Gasteiger partial charge >= 0.3 is 11.8 Å². The molecule has 0 fully saturated rings. The number of allylic oxidation sites excluding steroid dienone is 2. The molecule has 0 aromatic heterocycles. The van der Waals surface area contributed by atoms with E-state index >= 15 is 0 Å². The fourth-order valence-electron chi connectivity index (χ4n) is 8.54. The number of aliphatic hydroxyl groups excluding tert-OH is 2. The molecule has 0 spiro atoms. The topological polar surface area (TPSA) is 225 Å². The van der Waals surface area contributed by atoms with Crippen molar-refractivity contribution in [1.82, 2.24) is 10.3 Å². The number of carbonyl (C=O) groups excluding carboxylic acids is 3. The van der Waals surface area contributed by atoms with Crippen LogP contribution in [0.4, 0.5) is 5.69 Å². The Balaban J connectivity index is 1.54. The number of anilines is 1. The van der Waals surface area contributed by atoms with Crippen molar-refractivity contribution in [3.63, 3.8) is 0 Å². The lowest BCUT2D eigenvalue weighted by molar-refractivity contribution is -0.160. The van der Waals surface area contributed by atoms with Gasteiger partial charge in [-0.2, -0.15) is 0 Å². The van der Waals surface area contributed by atoms with Gasteiger partial charge in [-0.15, -0.1) is 0 Å². The van der Waals surface area contributed by atoms with E-state index in [4.69, 9.17) is 33.1 Å². The molecular formula is C49H61N3O13. The number of Topliss-reactive ketones (excluding diaryl/α,β-unsaturated/α-hetero) is 1. The summed E-state index contributed by atoms with van der Waals surface area (Å²) in [5, 5.41) is 40.4. The van der Waals surface area contributed by atoms with Gasteiger partial charge in [0.25, 0.3) is 11.7 Å². The van der Waals surface area contributed by atoms with Gasteiger partial charge in [-0.1, -0.05) is 59.3 Å². The number of nitrogens with zero attached hydrogens (tertiary/aromatic N) is 1. The summed E-state index contributed by atoms with van der Waals surface area (Å²) in [6.45, 7) is 16.6. The van der Waals surface area contributed by atoms with E-state index in [1.165, 1.54) is 53.2 Å². The van der Waals surface area contributed by atoms with Crippen LogP contribution in [-0.4, -0.2) is 95.0 Å². The first kappa shape index (κ1) is 48.6. The first-order chi connectivity index (χ1) is 30.8. The summed E-state index contributed by atoms with van der Waals surface area (Å²) >= 11 is 0. The fraction of sp³-hybridized carbons (Fsp3) is 0.490. The minimum atomic E-state index is -2.04. The highest BCUT2D eigenvalue weighted by atomic mass is 16.7. The van der Waals surface area contributed by atoms with Gasteiger partial charge in [0.1, 0.15) is 46.9 Å². The number of unbranched alkanes of at least 4 members (excludes halogenated alkanes) is 1. The van der Waals surface area contributed by atoms with Gasteiger partial charge in [-0.25, -0.2) is 4.98 Å². The van der Waals surface area contributed by atoms with Crippen LogP contribution >= 0.6 is 0 Å². The van der Waals surface area contributed by atoms with Crippen molar-refractivity contribution in [2.45, 2.75) is 105 Å². The number of ether oxygens (including phenoxy) is 5. The molecule has 16 heteroatoms. The predicted molar refractivity (Wildman–Crippen MR) is 244 cm³/mol. The molecule has 0 saturated heterocycles. The van der Waals surface area contributed by atoms with Crippen LogP contribution in [0.2, 0.25) is 0 Å². The van der Waals surface area contributed by atoms with E-state index in [2.05, 4.69) is 17.6 Å². The van der Waals surface area contributed by atoms with Crippen LogP contribution in [0.15, 0.2) is 63.6 Å². The van der Waals surface area contributed by atoms with Gasteiger partial charge in [-0.05, 0) is 45.0 Å². The minimum Gasteiger partial charge on any atom is -0.507 e. The van der Waals surface area contributed by atoms with Crippen LogP contribution in [0, 0.1) is 30.6 Å². The monoisotopic (exact) mass is 899 g/mol. The van der Waals surface area contributed by atoms with E-state index in [0.717, 1.165) is 19.4 Å². The largest absolute Gasteiger partial charge is 0.507 e. The number of phenols is 1. The SMILES string of the molecule is CCCCNCCOc1ccc2nc3c4c5c6c(C)c(O)c4c(=O)c(c-3oc2c1)NC(=O)/C(C)=C\C=C\[C@H](C)[C@H](O)[C@@H](C)[C@@H](O)[C@@H](C)[C@H](OC(C)=O)[C@H](C)[C@@H](OC)/C=C/O[C@@](C)(O6)C5=O. The van der Waals surface area contributed by atoms with E-state index in [1.54, 1.807) is 58.0 Å². The molecule has 0 radical (unpaired) electrons. The van der Waals surface area contributed by atoms with Crippen LogP contribution in [0.3, 0.4) is 0 Å². The summed E-state index contributed by atoms with van der Waals surface area (Å²) in [7, 11) is 1.45. The third-order valence-electron chi connectivity index (χ3n) is 12.6. The maximum absolute atomic E-state index is 14.7. The van der Waals surface area contributed by atoms with E-state index < -0.39 is 82.7 Å². The van der Waals surface area contributed by atoms with Crippen LogP contribution in [0.25, 0.3) is 33.3 Å². The number of aromatic nitrogens is 1. The lowest BCUT2D eigenvalue weighted by atomic mass is 9.78. The molecule has 16 nitrogen and oxygen atoms in total. The Bertz CT molecular complexity index is 2560. The first-order valence-electron chi connectivity index (χ1n) is 22.1. The van der Waals surface area contributed by atoms with E-state index in [9.17, 15) is 34.5 Å². The number of ketones is 1. The lowest BCUT2D eigenvalue weighted by Gasteiger charge is -2.38. The molecule has 1 aliphatic carbocycles. The number of rotatable bonds is 9. The Morgan fingerprint density at radius 3 is 2.43 bits per heavy atom. The molecule has 2 aromatic rings. The molecule has 350 valence electrons. The molecule has 0 saturated carbocycles. The van der Waals surface area contributed by atoms with Crippen molar-refractivity contribution >= 4 is 45.2 Å². The molecule has 5 bridgehead atoms. The van der Waals surface area contributed by atoms with Gasteiger partial charge in [0.2, 0.25) is 5.43 Å². The Morgan fingerprint density at radius 1 is 1.00 bits per heavy atom. The third-order valence-corrected chi connectivity index (χ3v) is 12.6. The summed E-state index contributed by atoms with van der Waals surface area (Å²) in [5.74, 6) is -6.80. The zero-order valence-corrected chi connectivity index (χ0v) is 38.6. The molecule has 4 heterocycles. The summed E-state index contributed by atoms with van der Waals surface area (Å²) in [6, 6.07) is 4.99. The van der Waals surface area contributed by atoms with Gasteiger partial charge in [0, 0.05) is 73.8 Å². The number of methoxy groups -OCH3 is 1. The van der Waals surface area contributed by atoms with Crippen molar-refractivity contribution in [2.75, 3.05) is 32.1 Å². The Morgan fingerprint density at radius 2 is 1.74 bits per heavy atom. The Kier molecular flexibility index (Phi) is 15.1. The smallest absolute Gasteiger partial charge is 0.312 e. The second-order valence-corrected chi connectivity index (χ2v) is 17.3. The minimum absolute atomic E-state index is 0.0199. The van der Waals surface area contributed by atoms with Crippen molar-refractivity contribution in [3.8, 4) is 28.7 Å². The average Bonchev–Trinajstić information content (AvgIpc) is 3.54. The standard InChI is InChI=1S/C49H61N3O13/c1-11-12-19-50-20-22-61-31-16-17-32-34(23-31)64-46-38(51-32)35-36-42(56)29(7)45-37(35)47(58)49(9,65-45)62-21-18-33(60-10)26(4)44(63-30(8)53)28(6)41(55)27(5)40(54)24(2)14-13-15-25(3)48(59)52-39(46)43(36)57/h13-18,21,23-24,26-28,33,40-41,44,50,54-56H,11-12,19-20,22H2,1-10H3,(H,52,59)/b14-13+,21-18+,25-15-/t24-,26+,27+,28+,33-,40-,41+,44+,49-/m0/s1. The summed E-state index contributed by atoms with van der Waals surface area (Å²) in [6.07, 6.45) is 5.70. The molecule has 0 unspecified atom stereocenters. The normalized spacial score (nSPS) is 28.4. The number of phenolic OH excluding ortho intramolecular Hbond substituents is 1. The summed E-state index contributed by atoms with van der Waals surface area (Å²) in [4.78, 5) is 60.7. The highest BCUT2D eigenvalue weighted by molar-refractivity contribution is 6.22. The number of aliphatic hydroxyl groups is 2. The number of benzene rings is 3. The second-order valence-electron chi connectivity index (χ2n) is 17.3. The number of fused-ring (bicyclic) bond motifs is 14. The molecule has 5 N–H and O–H groups in total. The zero-order valence-electron chi connectivity index (χ0n) is 38.6. The van der Waals surface area contributed by atoms with Gasteiger partial charge in [-0.3, -0.25) is 19.2 Å². The van der Waals surface area contributed by atoms with Gasteiger partial charge in [0.05, 0.1) is 35.5 Å². The number of hydrogen-bond donors (Lipinski definition) is 5. The second kappa shape index (κ2) is 20.1. The molecule has 1 amide bonds. The lowest BCUT2D eigenvalue weighted by Crippen LogP contribution is -2.46. The van der Waals surface area contributed by atoms with Crippen LogP contribution < -0.4 is 25.5 Å². The maximum atomic E-state index is 14.7. The molecular weight excluding hydrogens is 839 g/mol. The number of hydrogen-bond acceptors (Lipinski definition) is 15. The predicted octanol–water partition coefficient (Wildman–Crippen LogP) is 6.72.